The molecule has 0 N–H and O–H groups in total. The predicted molar refractivity (Wildman–Crippen MR) is 146 cm³/mol. The number of aryl methyl sites for hydroxylation is 1. The minimum Gasteiger partial charge on any atom is -0.444 e. The van der Waals surface area contributed by atoms with Crippen LogP contribution in [0, 0.1) is 5.82 Å². The van der Waals surface area contributed by atoms with Crippen LogP contribution in [0.25, 0.3) is 0 Å². The van der Waals surface area contributed by atoms with Crippen LogP contribution in [0.5, 0.6) is 0 Å². The lowest BCUT2D eigenvalue weighted by Gasteiger charge is -2.42. The number of anilines is 1. The molecular weight excluding hydrogens is 529 g/mol. The molecule has 3 aliphatic rings. The Hall–Kier alpha value is -2.36. The fourth-order valence-corrected chi connectivity index (χ4v) is 7.91. The van der Waals surface area contributed by atoms with Crippen molar-refractivity contribution < 1.29 is 22.3 Å². The molecule has 2 unspecified atom stereocenters. The summed E-state index contributed by atoms with van der Waals surface area (Å²) in [5, 5.41) is 0.414. The van der Waals surface area contributed by atoms with Crippen LogP contribution < -0.4 is 4.31 Å². The summed E-state index contributed by atoms with van der Waals surface area (Å²) < 4.78 is 49.2. The molecule has 3 heterocycles. The van der Waals surface area contributed by atoms with E-state index < -0.39 is 34.1 Å². The van der Waals surface area contributed by atoms with Gasteiger partial charge in [-0.15, -0.1) is 0 Å². The number of hydrogen-bond acceptors (Lipinski definition) is 5. The highest BCUT2D eigenvalue weighted by Crippen LogP contribution is 2.38. The minimum atomic E-state index is -4.09. The molecule has 0 spiro atoms. The second-order valence-electron chi connectivity index (χ2n) is 10.5. The Morgan fingerprint density at radius 1 is 1.00 bits per heavy atom. The van der Waals surface area contributed by atoms with E-state index in [0.29, 0.717) is 37.0 Å². The molecule has 2 saturated heterocycles. The number of likely N-dealkylation sites (tertiary alicyclic amines) is 2. The standard InChI is InChI=1S/C28H35ClFN3O4S/c1-20(37-28(34)32-17-13-24(14-18-32)31-15-3-2-4-16-31)26-12-6-21-5-9-23(30)19-27(21)33(26)38(35,36)25-10-7-22(29)8-11-25/h5,7-11,19-20,24,26H,2-4,6,12-18H2,1H3. The molecule has 2 aromatic rings. The maximum absolute atomic E-state index is 14.3. The van der Waals surface area contributed by atoms with Crippen molar-refractivity contribution >= 4 is 33.4 Å². The number of rotatable bonds is 5. The van der Waals surface area contributed by atoms with Gasteiger partial charge in [-0.25, -0.2) is 17.6 Å². The summed E-state index contributed by atoms with van der Waals surface area (Å²) in [5.74, 6) is -0.526. The summed E-state index contributed by atoms with van der Waals surface area (Å²) in [5.41, 5.74) is 1.01. The Labute approximate surface area is 229 Å². The van der Waals surface area contributed by atoms with Crippen LogP contribution in [-0.4, -0.2) is 68.7 Å². The molecule has 10 heteroatoms. The van der Waals surface area contributed by atoms with Crippen LogP contribution in [0.15, 0.2) is 47.4 Å². The van der Waals surface area contributed by atoms with Gasteiger partial charge < -0.3 is 14.5 Å². The first-order valence-corrected chi connectivity index (χ1v) is 15.3. The molecule has 206 valence electrons. The van der Waals surface area contributed by atoms with E-state index in [2.05, 4.69) is 4.90 Å². The van der Waals surface area contributed by atoms with Gasteiger partial charge in [0.05, 0.1) is 16.6 Å². The quantitative estimate of drug-likeness (QED) is 0.483. The average Bonchev–Trinajstić information content (AvgIpc) is 2.93. The highest BCUT2D eigenvalue weighted by Gasteiger charge is 2.41. The van der Waals surface area contributed by atoms with Crippen molar-refractivity contribution in [2.75, 3.05) is 30.5 Å². The van der Waals surface area contributed by atoms with Crippen LogP contribution in [0.3, 0.4) is 0 Å². The van der Waals surface area contributed by atoms with Gasteiger partial charge in [0.15, 0.2) is 0 Å². The zero-order chi connectivity index (χ0) is 26.9. The Kier molecular flexibility index (Phi) is 8.16. The van der Waals surface area contributed by atoms with Gasteiger partial charge in [0.1, 0.15) is 11.9 Å². The molecule has 1 amide bonds. The zero-order valence-electron chi connectivity index (χ0n) is 21.7. The SMILES string of the molecule is CC(OC(=O)N1CCC(N2CCCCC2)CC1)C1CCc2ccc(F)cc2N1S(=O)(=O)c1ccc(Cl)cc1. The topological polar surface area (TPSA) is 70.2 Å². The van der Waals surface area contributed by atoms with E-state index >= 15 is 0 Å². The number of carbonyl (C=O) groups excluding carboxylic acids is 1. The molecule has 0 saturated carbocycles. The van der Waals surface area contributed by atoms with Crippen molar-refractivity contribution in [2.45, 2.75) is 75.0 Å². The van der Waals surface area contributed by atoms with E-state index in [4.69, 9.17) is 16.3 Å². The third kappa shape index (κ3) is 5.65. The fourth-order valence-electron chi connectivity index (χ4n) is 6.02. The third-order valence-electron chi connectivity index (χ3n) is 8.12. The van der Waals surface area contributed by atoms with E-state index in [1.807, 2.05) is 0 Å². The van der Waals surface area contributed by atoms with E-state index in [1.165, 1.54) is 60.0 Å². The maximum atomic E-state index is 14.3. The van der Waals surface area contributed by atoms with Crippen LogP contribution in [0.2, 0.25) is 5.02 Å². The summed E-state index contributed by atoms with van der Waals surface area (Å²) in [6.07, 6.45) is 5.43. The Balaban J connectivity index is 1.33. The average molecular weight is 564 g/mol. The van der Waals surface area contributed by atoms with Gasteiger partial charge in [0, 0.05) is 24.2 Å². The van der Waals surface area contributed by atoms with Gasteiger partial charge in [-0.1, -0.05) is 24.1 Å². The Morgan fingerprint density at radius 2 is 1.68 bits per heavy atom. The molecule has 3 aliphatic heterocycles. The highest BCUT2D eigenvalue weighted by atomic mass is 35.5. The fraction of sp³-hybridized carbons (Fsp3) is 0.536. The first kappa shape index (κ1) is 27.2. The van der Waals surface area contributed by atoms with Gasteiger partial charge in [-0.05, 0) is 100 Å². The number of sulfonamides is 1. The maximum Gasteiger partial charge on any atom is 0.410 e. The molecule has 2 atom stereocenters. The van der Waals surface area contributed by atoms with E-state index in [0.717, 1.165) is 31.5 Å². The van der Waals surface area contributed by atoms with Crippen LogP contribution >= 0.6 is 11.6 Å². The number of nitrogens with zero attached hydrogens (tertiary/aromatic N) is 3. The number of hydrogen-bond donors (Lipinski definition) is 0. The van der Waals surface area contributed by atoms with Gasteiger partial charge in [0.25, 0.3) is 10.0 Å². The normalized spacial score (nSPS) is 22.1. The number of ether oxygens (including phenoxy) is 1. The molecule has 38 heavy (non-hydrogen) atoms. The van der Waals surface area contributed by atoms with Crippen molar-refractivity contribution in [1.29, 1.82) is 0 Å². The summed E-state index contributed by atoms with van der Waals surface area (Å²) in [6, 6.07) is 9.92. The number of fused-ring (bicyclic) bond motifs is 1. The second-order valence-corrected chi connectivity index (χ2v) is 12.8. The van der Waals surface area contributed by atoms with Crippen molar-refractivity contribution in [3.63, 3.8) is 0 Å². The first-order valence-electron chi connectivity index (χ1n) is 13.5. The van der Waals surface area contributed by atoms with E-state index in [9.17, 15) is 17.6 Å². The third-order valence-corrected chi connectivity index (χ3v) is 10.2. The summed E-state index contributed by atoms with van der Waals surface area (Å²) >= 11 is 5.99. The Bertz CT molecular complexity index is 1250. The van der Waals surface area contributed by atoms with Crippen molar-refractivity contribution in [1.82, 2.24) is 9.80 Å². The lowest BCUT2D eigenvalue weighted by molar-refractivity contribution is 0.0391. The van der Waals surface area contributed by atoms with Gasteiger partial charge in [-0.2, -0.15) is 0 Å². The molecule has 2 aromatic carbocycles. The van der Waals surface area contributed by atoms with Gasteiger partial charge in [0.2, 0.25) is 0 Å². The molecule has 7 nitrogen and oxygen atoms in total. The number of benzene rings is 2. The van der Waals surface area contributed by atoms with E-state index in [1.54, 1.807) is 17.9 Å². The molecule has 0 radical (unpaired) electrons. The number of amides is 1. The lowest BCUT2D eigenvalue weighted by atomic mass is 9.95. The van der Waals surface area contributed by atoms with Crippen LogP contribution in [-0.2, 0) is 21.2 Å². The Morgan fingerprint density at radius 3 is 2.37 bits per heavy atom. The van der Waals surface area contributed by atoms with Crippen LogP contribution in [0.1, 0.15) is 51.0 Å². The summed E-state index contributed by atoms with van der Waals surface area (Å²) in [4.78, 5) is 17.5. The number of halogens is 2. The van der Waals surface area contributed by atoms with Gasteiger partial charge in [-0.3, -0.25) is 4.31 Å². The number of carbonyl (C=O) groups is 1. The number of piperidine rings is 2. The largest absolute Gasteiger partial charge is 0.444 e. The molecule has 0 aliphatic carbocycles. The van der Waals surface area contributed by atoms with Crippen LogP contribution in [0.4, 0.5) is 14.9 Å². The van der Waals surface area contributed by atoms with E-state index in [-0.39, 0.29) is 10.6 Å². The lowest BCUT2D eigenvalue weighted by Crippen LogP contribution is -2.52. The van der Waals surface area contributed by atoms with Gasteiger partial charge >= 0.3 is 6.09 Å². The smallest absolute Gasteiger partial charge is 0.410 e. The predicted octanol–water partition coefficient (Wildman–Crippen LogP) is 5.46. The highest BCUT2D eigenvalue weighted by molar-refractivity contribution is 7.92. The second kappa shape index (κ2) is 11.4. The van der Waals surface area contributed by atoms with Crippen molar-refractivity contribution in [3.8, 4) is 0 Å². The molecule has 2 fully saturated rings. The monoisotopic (exact) mass is 563 g/mol. The summed E-state index contributed by atoms with van der Waals surface area (Å²) in [7, 11) is -4.09. The molecule has 0 bridgehead atoms. The van der Waals surface area contributed by atoms with Crippen molar-refractivity contribution in [3.05, 3.63) is 58.9 Å². The minimum absolute atomic E-state index is 0.0438. The zero-order valence-corrected chi connectivity index (χ0v) is 23.3. The molecule has 0 aromatic heterocycles. The molecular formula is C28H35ClFN3O4S. The summed E-state index contributed by atoms with van der Waals surface area (Å²) in [6.45, 7) is 5.23. The molecule has 5 rings (SSSR count). The van der Waals surface area contributed by atoms with Crippen molar-refractivity contribution in [2.24, 2.45) is 0 Å². The first-order chi connectivity index (χ1) is 18.2.